The Morgan fingerprint density at radius 2 is 1.76 bits per heavy atom. The van der Waals surface area contributed by atoms with E-state index in [4.69, 9.17) is 14.9 Å². The van der Waals surface area contributed by atoms with Gasteiger partial charge < -0.3 is 9.84 Å². The molecule has 5 rings (SSSR count). The number of carboxylic acid groups (broad SMARTS) is 1. The molecule has 172 valence electrons. The maximum absolute atomic E-state index is 10.7. The Morgan fingerprint density at radius 3 is 2.52 bits per heavy atom. The van der Waals surface area contributed by atoms with Gasteiger partial charge in [-0.2, -0.15) is 5.10 Å². The summed E-state index contributed by atoms with van der Waals surface area (Å²) in [6.45, 7) is 3.45. The van der Waals surface area contributed by atoms with Crippen molar-refractivity contribution in [3.05, 3.63) is 65.4 Å². The molecule has 1 aromatic heterocycles. The van der Waals surface area contributed by atoms with Gasteiger partial charge in [-0.15, -0.1) is 0 Å². The van der Waals surface area contributed by atoms with Gasteiger partial charge in [0.1, 0.15) is 12.3 Å². The molecule has 5 nitrogen and oxygen atoms in total. The molecule has 3 aromatic rings. The molecule has 33 heavy (non-hydrogen) atoms. The summed E-state index contributed by atoms with van der Waals surface area (Å²) >= 11 is 0. The van der Waals surface area contributed by atoms with Crippen molar-refractivity contribution in [2.45, 2.75) is 52.0 Å². The number of carbonyl (C=O) groups is 1. The maximum atomic E-state index is 10.7. The van der Waals surface area contributed by atoms with Gasteiger partial charge >= 0.3 is 5.97 Å². The minimum Gasteiger partial charge on any atom is -0.480 e. The van der Waals surface area contributed by atoms with Crippen molar-refractivity contribution in [2.75, 3.05) is 13.2 Å². The fourth-order valence-corrected chi connectivity index (χ4v) is 5.47. The number of nitrogens with zero attached hydrogens (tertiary/aromatic N) is 2. The van der Waals surface area contributed by atoms with Gasteiger partial charge in [-0.1, -0.05) is 54.1 Å². The van der Waals surface area contributed by atoms with Gasteiger partial charge in [-0.3, -0.25) is 4.68 Å². The van der Waals surface area contributed by atoms with Gasteiger partial charge in [-0.05, 0) is 68.4 Å². The molecule has 2 aliphatic rings. The summed E-state index contributed by atoms with van der Waals surface area (Å²) in [6, 6.07) is 17.5. The second-order valence-corrected chi connectivity index (χ2v) is 9.67. The van der Waals surface area contributed by atoms with Crippen LogP contribution in [0.2, 0.25) is 0 Å². The monoisotopic (exact) mass is 444 g/mol. The molecule has 1 N–H and O–H groups in total. The predicted octanol–water partition coefficient (Wildman–Crippen LogP) is 5.53. The van der Waals surface area contributed by atoms with E-state index in [1.807, 2.05) is 0 Å². The third-order valence-corrected chi connectivity index (χ3v) is 7.28. The van der Waals surface area contributed by atoms with Gasteiger partial charge in [-0.25, -0.2) is 4.79 Å². The number of ether oxygens (including phenoxy) is 1. The number of carboxylic acids is 1. The van der Waals surface area contributed by atoms with Crippen LogP contribution in [0, 0.1) is 18.8 Å². The van der Waals surface area contributed by atoms with Crippen molar-refractivity contribution in [1.29, 1.82) is 0 Å². The lowest BCUT2D eigenvalue weighted by atomic mass is 9.82. The van der Waals surface area contributed by atoms with Gasteiger partial charge in [0.15, 0.2) is 0 Å². The van der Waals surface area contributed by atoms with E-state index in [0.717, 1.165) is 50.8 Å². The van der Waals surface area contributed by atoms with Crippen LogP contribution in [-0.2, 0) is 28.9 Å². The molecule has 2 aromatic carbocycles. The minimum atomic E-state index is -0.891. The van der Waals surface area contributed by atoms with Crippen LogP contribution in [0.15, 0.2) is 48.5 Å². The molecule has 0 saturated heterocycles. The van der Waals surface area contributed by atoms with Crippen molar-refractivity contribution in [1.82, 2.24) is 9.78 Å². The number of fused-ring (bicyclic) bond motifs is 3. The zero-order chi connectivity index (χ0) is 22.8. The Balaban J connectivity index is 1.37. The second-order valence-electron chi connectivity index (χ2n) is 9.67. The van der Waals surface area contributed by atoms with Crippen molar-refractivity contribution >= 4 is 5.97 Å². The first-order valence-electron chi connectivity index (χ1n) is 12.1. The standard InChI is InChI=1S/C28H32N2O3/c1-19-6-12-23(13-7-19)28-27-24-5-3-2-4-22(24)14-15-25(27)30(29-28)16-20-8-10-21(11-9-20)17-33-18-26(31)32/h2-7,12-13,20-21H,8-11,14-18H2,1H3,(H,31,32)/t20-,21+. The van der Waals surface area contributed by atoms with E-state index < -0.39 is 5.97 Å². The van der Waals surface area contributed by atoms with Gasteiger partial charge in [0.2, 0.25) is 0 Å². The van der Waals surface area contributed by atoms with Crippen molar-refractivity contribution in [3.8, 4) is 22.4 Å². The lowest BCUT2D eigenvalue weighted by molar-refractivity contribution is -0.142. The summed E-state index contributed by atoms with van der Waals surface area (Å²) in [6.07, 6.45) is 6.58. The number of aliphatic carboxylic acids is 1. The third-order valence-electron chi connectivity index (χ3n) is 7.28. The normalized spacial score (nSPS) is 19.7. The van der Waals surface area contributed by atoms with E-state index in [9.17, 15) is 4.79 Å². The maximum Gasteiger partial charge on any atom is 0.329 e. The zero-order valence-corrected chi connectivity index (χ0v) is 19.3. The molecule has 1 heterocycles. The van der Waals surface area contributed by atoms with Crippen molar-refractivity contribution in [2.24, 2.45) is 11.8 Å². The summed E-state index contributed by atoms with van der Waals surface area (Å²) in [4.78, 5) is 10.7. The molecule has 0 unspecified atom stereocenters. The molecule has 0 radical (unpaired) electrons. The van der Waals surface area contributed by atoms with E-state index in [0.29, 0.717) is 18.4 Å². The van der Waals surface area contributed by atoms with Crippen LogP contribution < -0.4 is 0 Å². The lowest BCUT2D eigenvalue weighted by Crippen LogP contribution is -2.24. The summed E-state index contributed by atoms with van der Waals surface area (Å²) in [5.74, 6) is 0.188. The second kappa shape index (κ2) is 9.52. The first-order valence-corrected chi connectivity index (χ1v) is 12.1. The Hall–Kier alpha value is -2.92. The third kappa shape index (κ3) is 4.74. The quantitative estimate of drug-likeness (QED) is 0.520. The van der Waals surface area contributed by atoms with Crippen LogP contribution in [0.1, 0.15) is 42.5 Å². The predicted molar refractivity (Wildman–Crippen MR) is 129 cm³/mol. The highest BCUT2D eigenvalue weighted by Crippen LogP contribution is 2.41. The number of hydrogen-bond donors (Lipinski definition) is 1. The molecule has 5 heteroatoms. The fourth-order valence-electron chi connectivity index (χ4n) is 5.47. The van der Waals surface area contributed by atoms with Crippen LogP contribution in [-0.4, -0.2) is 34.1 Å². The minimum absolute atomic E-state index is 0.192. The van der Waals surface area contributed by atoms with E-state index in [-0.39, 0.29) is 6.61 Å². The Labute approximate surface area is 195 Å². The van der Waals surface area contributed by atoms with Crippen LogP contribution in [0.5, 0.6) is 0 Å². The number of benzene rings is 2. The number of hydrogen-bond acceptors (Lipinski definition) is 3. The average molecular weight is 445 g/mol. The zero-order valence-electron chi connectivity index (χ0n) is 19.3. The van der Waals surface area contributed by atoms with E-state index >= 15 is 0 Å². The molecule has 0 amide bonds. The fraction of sp³-hybridized carbons (Fsp3) is 0.429. The Morgan fingerprint density at radius 1 is 1.03 bits per heavy atom. The van der Waals surface area contributed by atoms with Crippen molar-refractivity contribution < 1.29 is 14.6 Å². The lowest BCUT2D eigenvalue weighted by Gasteiger charge is -2.29. The van der Waals surface area contributed by atoms with Gasteiger partial charge in [0.25, 0.3) is 0 Å². The molecular weight excluding hydrogens is 412 g/mol. The molecule has 0 bridgehead atoms. The number of rotatable bonds is 7. The summed E-state index contributed by atoms with van der Waals surface area (Å²) in [5, 5.41) is 14.0. The molecule has 0 atom stereocenters. The van der Waals surface area contributed by atoms with Crippen molar-refractivity contribution in [3.63, 3.8) is 0 Å². The highest BCUT2D eigenvalue weighted by Gasteiger charge is 2.28. The molecule has 1 fully saturated rings. The van der Waals surface area contributed by atoms with E-state index in [2.05, 4.69) is 60.1 Å². The summed E-state index contributed by atoms with van der Waals surface area (Å²) in [5.41, 5.74) is 8.99. The smallest absolute Gasteiger partial charge is 0.329 e. The Kier molecular flexibility index (Phi) is 6.32. The first kappa shape index (κ1) is 21.9. The molecular formula is C28H32N2O3. The molecule has 1 saturated carbocycles. The SMILES string of the molecule is Cc1ccc(-c2nn(C[C@H]3CC[C@@H](COCC(=O)O)CC3)c3c2-c2ccccc2CC3)cc1. The van der Waals surface area contributed by atoms with Crippen LogP contribution in [0.3, 0.4) is 0 Å². The average Bonchev–Trinajstić information content (AvgIpc) is 3.19. The Bertz CT molecular complexity index is 1120. The molecule has 0 spiro atoms. The molecule has 2 aliphatic carbocycles. The summed E-state index contributed by atoms with van der Waals surface area (Å²) < 4.78 is 7.64. The summed E-state index contributed by atoms with van der Waals surface area (Å²) in [7, 11) is 0. The number of aromatic nitrogens is 2. The largest absolute Gasteiger partial charge is 0.480 e. The van der Waals surface area contributed by atoms with Crippen LogP contribution in [0.4, 0.5) is 0 Å². The highest BCUT2D eigenvalue weighted by atomic mass is 16.5. The van der Waals surface area contributed by atoms with Crippen LogP contribution >= 0.6 is 0 Å². The van der Waals surface area contributed by atoms with E-state index in [1.54, 1.807) is 0 Å². The highest BCUT2D eigenvalue weighted by molar-refractivity contribution is 5.85. The topological polar surface area (TPSA) is 64.4 Å². The van der Waals surface area contributed by atoms with E-state index in [1.165, 1.54) is 33.5 Å². The molecule has 0 aliphatic heterocycles. The number of aryl methyl sites for hydroxylation is 2. The van der Waals surface area contributed by atoms with Gasteiger partial charge in [0, 0.05) is 23.4 Å². The van der Waals surface area contributed by atoms with Crippen LogP contribution in [0.25, 0.3) is 22.4 Å². The van der Waals surface area contributed by atoms with Gasteiger partial charge in [0.05, 0.1) is 6.61 Å². The first-order chi connectivity index (χ1) is 16.1.